The van der Waals surface area contributed by atoms with Crippen LogP contribution in [0.15, 0.2) is 16.8 Å². The van der Waals surface area contributed by atoms with Gasteiger partial charge in [0.1, 0.15) is 6.10 Å². The first kappa shape index (κ1) is 19.6. The van der Waals surface area contributed by atoms with Crippen LogP contribution in [-0.2, 0) is 14.3 Å². The van der Waals surface area contributed by atoms with Crippen molar-refractivity contribution < 1.29 is 38.4 Å². The molecule has 0 aromatic carbocycles. The van der Waals surface area contributed by atoms with Crippen molar-refractivity contribution in [3.63, 3.8) is 0 Å². The molecule has 0 fully saturated rings. The zero-order valence-electron chi connectivity index (χ0n) is 12.5. The van der Waals surface area contributed by atoms with Crippen molar-refractivity contribution in [1.29, 1.82) is 0 Å². The second-order valence-electron chi connectivity index (χ2n) is 5.02. The van der Waals surface area contributed by atoms with Crippen LogP contribution in [0.5, 0.6) is 0 Å². The summed E-state index contributed by atoms with van der Waals surface area (Å²) in [5, 5.41) is 29.3. The third-order valence-electron chi connectivity index (χ3n) is 3.15. The summed E-state index contributed by atoms with van der Waals surface area (Å²) in [6.07, 6.45) is -4.06. The minimum atomic E-state index is -4.12. The molecule has 0 aliphatic carbocycles. The van der Waals surface area contributed by atoms with Gasteiger partial charge in [0.25, 0.3) is 0 Å². The molecule has 136 valence electrons. The SMILES string of the molecule is CC(=O)N[C@@H]1[C@@H](N=C(N)N)C=C(C(=O)O)O[C@H]1C(F)(F)[C@H](O)CO. The minimum Gasteiger partial charge on any atom is -0.475 e. The monoisotopic (exact) mass is 352 g/mol. The van der Waals surface area contributed by atoms with Crippen molar-refractivity contribution in [3.8, 4) is 0 Å². The molecule has 0 aromatic rings. The third-order valence-corrected chi connectivity index (χ3v) is 3.15. The van der Waals surface area contributed by atoms with Crippen LogP contribution in [0.1, 0.15) is 6.92 Å². The Balaban J connectivity index is 3.41. The molecule has 0 radical (unpaired) electrons. The molecule has 1 rings (SSSR count). The molecule has 0 saturated carbocycles. The number of carboxylic acids is 1. The first-order valence-corrected chi connectivity index (χ1v) is 6.65. The molecular weight excluding hydrogens is 334 g/mol. The zero-order chi connectivity index (χ0) is 18.7. The average molecular weight is 352 g/mol. The summed E-state index contributed by atoms with van der Waals surface area (Å²) in [6.45, 7) is -0.292. The van der Waals surface area contributed by atoms with E-state index in [1.165, 1.54) is 0 Å². The highest BCUT2D eigenvalue weighted by atomic mass is 19.3. The smallest absolute Gasteiger partial charge is 0.370 e. The normalized spacial score (nSPS) is 25.0. The van der Waals surface area contributed by atoms with Crippen LogP contribution >= 0.6 is 0 Å². The van der Waals surface area contributed by atoms with E-state index < -0.39 is 60.4 Å². The maximum absolute atomic E-state index is 14.3. The van der Waals surface area contributed by atoms with Gasteiger partial charge < -0.3 is 36.8 Å². The molecule has 10 nitrogen and oxygen atoms in total. The van der Waals surface area contributed by atoms with E-state index in [0.29, 0.717) is 0 Å². The van der Waals surface area contributed by atoms with Gasteiger partial charge >= 0.3 is 11.9 Å². The van der Waals surface area contributed by atoms with Crippen molar-refractivity contribution in [2.75, 3.05) is 6.61 Å². The van der Waals surface area contributed by atoms with E-state index in [0.717, 1.165) is 13.0 Å². The van der Waals surface area contributed by atoms with Crippen LogP contribution in [0.3, 0.4) is 0 Å². The summed E-state index contributed by atoms with van der Waals surface area (Å²) in [6, 6.07) is -2.98. The molecule has 12 heteroatoms. The number of guanidine groups is 1. The van der Waals surface area contributed by atoms with Crippen LogP contribution in [0.4, 0.5) is 8.78 Å². The lowest BCUT2D eigenvalue weighted by Crippen LogP contribution is -2.62. The van der Waals surface area contributed by atoms with Crippen LogP contribution in [0.2, 0.25) is 0 Å². The summed E-state index contributed by atoms with van der Waals surface area (Å²) in [5.41, 5.74) is 10.4. The highest BCUT2D eigenvalue weighted by Crippen LogP contribution is 2.34. The number of hydrogen-bond acceptors (Lipinski definition) is 6. The van der Waals surface area contributed by atoms with Gasteiger partial charge in [-0.15, -0.1) is 0 Å². The Labute approximate surface area is 134 Å². The van der Waals surface area contributed by atoms with Crippen molar-refractivity contribution in [2.45, 2.75) is 37.1 Å². The molecule has 0 aromatic heterocycles. The number of hydrogen-bond donors (Lipinski definition) is 6. The number of amides is 1. The van der Waals surface area contributed by atoms with E-state index >= 15 is 0 Å². The van der Waals surface area contributed by atoms with Gasteiger partial charge in [-0.2, -0.15) is 8.78 Å². The van der Waals surface area contributed by atoms with Gasteiger partial charge in [-0.1, -0.05) is 0 Å². The Morgan fingerprint density at radius 3 is 2.50 bits per heavy atom. The summed E-state index contributed by atoms with van der Waals surface area (Å²) in [5.74, 6) is -7.96. The standard InChI is InChI=1S/C12H18F2N4O6/c1-4(20)17-8-5(18-11(15)16)2-6(10(22)23)24-9(8)12(13,14)7(21)3-19/h2,5,7-9,19,21H,3H2,1H3,(H,17,20)(H,22,23)(H4,15,16,18)/t5-,7+,8+,9+/m0/s1. The zero-order valence-corrected chi connectivity index (χ0v) is 12.5. The number of rotatable bonds is 6. The number of carbonyl (C=O) groups is 2. The Bertz CT molecular complexity index is 564. The molecule has 8 N–H and O–H groups in total. The molecule has 0 unspecified atom stereocenters. The number of aliphatic hydroxyl groups excluding tert-OH is 2. The molecule has 1 heterocycles. The highest BCUT2D eigenvalue weighted by molar-refractivity contribution is 5.85. The van der Waals surface area contributed by atoms with Crippen LogP contribution in [0, 0.1) is 0 Å². The molecule has 1 amide bonds. The highest BCUT2D eigenvalue weighted by Gasteiger charge is 2.56. The van der Waals surface area contributed by atoms with Gasteiger partial charge in [0.2, 0.25) is 11.7 Å². The lowest BCUT2D eigenvalue weighted by atomic mass is 9.91. The number of ether oxygens (including phenoxy) is 1. The van der Waals surface area contributed by atoms with Gasteiger partial charge in [-0.25, -0.2) is 9.79 Å². The third kappa shape index (κ3) is 4.29. The predicted octanol–water partition coefficient (Wildman–Crippen LogP) is -2.51. The predicted molar refractivity (Wildman–Crippen MR) is 75.8 cm³/mol. The molecular formula is C12H18F2N4O6. The Morgan fingerprint density at radius 2 is 2.08 bits per heavy atom. The lowest BCUT2D eigenvalue weighted by Gasteiger charge is -2.40. The number of carbonyl (C=O) groups excluding carboxylic acids is 1. The first-order valence-electron chi connectivity index (χ1n) is 6.65. The van der Waals surface area contributed by atoms with Gasteiger partial charge in [0, 0.05) is 6.92 Å². The molecule has 24 heavy (non-hydrogen) atoms. The number of nitrogens with two attached hydrogens (primary N) is 2. The molecule has 0 saturated heterocycles. The second-order valence-corrected chi connectivity index (χ2v) is 5.02. The topological polar surface area (TPSA) is 180 Å². The summed E-state index contributed by atoms with van der Waals surface area (Å²) in [4.78, 5) is 26.0. The van der Waals surface area contributed by atoms with Crippen molar-refractivity contribution in [3.05, 3.63) is 11.8 Å². The molecule has 0 spiro atoms. The number of halogens is 2. The largest absolute Gasteiger partial charge is 0.475 e. The molecule has 1 aliphatic rings. The summed E-state index contributed by atoms with van der Waals surface area (Å²) < 4.78 is 33.4. The number of carboxylic acid groups (broad SMARTS) is 1. The number of nitrogens with zero attached hydrogens (tertiary/aromatic N) is 1. The first-order chi connectivity index (χ1) is 11.0. The van der Waals surface area contributed by atoms with Crippen molar-refractivity contribution in [1.82, 2.24) is 5.32 Å². The number of aliphatic imine (C=N–C) groups is 1. The fourth-order valence-corrected chi connectivity index (χ4v) is 2.12. The van der Waals surface area contributed by atoms with E-state index in [1.54, 1.807) is 0 Å². The fraction of sp³-hybridized carbons (Fsp3) is 0.583. The lowest BCUT2D eigenvalue weighted by molar-refractivity contribution is -0.205. The van der Waals surface area contributed by atoms with Gasteiger partial charge in [0.05, 0.1) is 18.7 Å². The molecule has 0 bridgehead atoms. The molecule has 4 atom stereocenters. The number of aliphatic carboxylic acids is 1. The maximum atomic E-state index is 14.3. The van der Waals surface area contributed by atoms with Crippen molar-refractivity contribution >= 4 is 17.8 Å². The van der Waals surface area contributed by atoms with Crippen LogP contribution in [0.25, 0.3) is 0 Å². The second kappa shape index (κ2) is 7.40. The number of aliphatic hydroxyl groups is 2. The Hall–Kier alpha value is -2.47. The quantitative estimate of drug-likeness (QED) is 0.224. The number of alkyl halides is 2. The average Bonchev–Trinajstić information content (AvgIpc) is 2.46. The Kier molecular flexibility index (Phi) is 6.04. The van der Waals surface area contributed by atoms with E-state index in [4.69, 9.17) is 26.4 Å². The van der Waals surface area contributed by atoms with Gasteiger partial charge in [0.15, 0.2) is 12.1 Å². The maximum Gasteiger partial charge on any atom is 0.370 e. The van der Waals surface area contributed by atoms with E-state index in [1.807, 2.05) is 0 Å². The summed E-state index contributed by atoms with van der Waals surface area (Å²) >= 11 is 0. The van der Waals surface area contributed by atoms with Crippen molar-refractivity contribution in [2.24, 2.45) is 16.5 Å². The Morgan fingerprint density at radius 1 is 1.50 bits per heavy atom. The van der Waals surface area contributed by atoms with Gasteiger partial charge in [-0.05, 0) is 6.08 Å². The number of nitrogens with one attached hydrogen (secondary N) is 1. The fourth-order valence-electron chi connectivity index (χ4n) is 2.12. The van der Waals surface area contributed by atoms with Crippen LogP contribution < -0.4 is 16.8 Å². The van der Waals surface area contributed by atoms with E-state index in [9.17, 15) is 23.5 Å². The van der Waals surface area contributed by atoms with E-state index in [-0.39, 0.29) is 0 Å². The van der Waals surface area contributed by atoms with E-state index in [2.05, 4.69) is 10.3 Å². The minimum absolute atomic E-state index is 0.539. The van der Waals surface area contributed by atoms with Gasteiger partial charge in [-0.3, -0.25) is 4.79 Å². The molecule has 1 aliphatic heterocycles. The summed E-state index contributed by atoms with van der Waals surface area (Å²) in [7, 11) is 0. The van der Waals surface area contributed by atoms with Crippen LogP contribution in [-0.4, -0.2) is 70.0 Å².